The number of hydrogen-bond donors (Lipinski definition) is 0. The third kappa shape index (κ3) is 5.90. The van der Waals surface area contributed by atoms with Gasteiger partial charge in [0.2, 0.25) is 8.32 Å². The van der Waals surface area contributed by atoms with Crippen molar-refractivity contribution in [3.8, 4) is 0 Å². The highest BCUT2D eigenvalue weighted by Gasteiger charge is 2.44. The maximum atomic E-state index is 6.48. The Morgan fingerprint density at radius 3 is 1.87 bits per heavy atom. The van der Waals surface area contributed by atoms with Gasteiger partial charge in [-0.25, -0.2) is 0 Å². The van der Waals surface area contributed by atoms with Gasteiger partial charge in [0.1, 0.15) is 0 Å². The standard InChI is InChI=1S/C20H34O2Si/c1-17(2)23(18(3)4,19(5)6)22-15-11-10-14-21-16-20-12-8-7-9-13-20/h7-13,17-19H,14-16H2,1-6H3. The maximum absolute atomic E-state index is 6.48. The Balaban J connectivity index is 2.38. The predicted octanol–water partition coefficient (Wildman–Crippen LogP) is 5.95. The second-order valence-electron chi connectivity index (χ2n) is 7.10. The van der Waals surface area contributed by atoms with Crippen molar-refractivity contribution < 1.29 is 9.16 Å². The predicted molar refractivity (Wildman–Crippen MR) is 102 cm³/mol. The number of ether oxygens (including phenoxy) is 1. The molecular weight excluding hydrogens is 300 g/mol. The van der Waals surface area contributed by atoms with E-state index in [1.54, 1.807) is 0 Å². The Morgan fingerprint density at radius 2 is 1.35 bits per heavy atom. The van der Waals surface area contributed by atoms with Crippen molar-refractivity contribution in [2.45, 2.75) is 64.8 Å². The minimum Gasteiger partial charge on any atom is -0.412 e. The van der Waals surface area contributed by atoms with Gasteiger partial charge in [0.25, 0.3) is 0 Å². The topological polar surface area (TPSA) is 18.5 Å². The van der Waals surface area contributed by atoms with Gasteiger partial charge in [0.05, 0.1) is 19.8 Å². The summed E-state index contributed by atoms with van der Waals surface area (Å²) in [6, 6.07) is 10.3. The van der Waals surface area contributed by atoms with E-state index in [1.807, 2.05) is 18.2 Å². The van der Waals surface area contributed by atoms with Crippen molar-refractivity contribution in [3.05, 3.63) is 48.0 Å². The summed E-state index contributed by atoms with van der Waals surface area (Å²) in [5, 5.41) is 0. The first-order chi connectivity index (χ1) is 10.9. The highest BCUT2D eigenvalue weighted by molar-refractivity contribution is 6.77. The van der Waals surface area contributed by atoms with Crippen LogP contribution in [0.2, 0.25) is 16.6 Å². The molecule has 130 valence electrons. The van der Waals surface area contributed by atoms with E-state index in [9.17, 15) is 0 Å². The zero-order valence-electron chi connectivity index (χ0n) is 15.7. The summed E-state index contributed by atoms with van der Waals surface area (Å²) >= 11 is 0. The number of benzene rings is 1. The normalized spacial score (nSPS) is 12.9. The zero-order chi connectivity index (χ0) is 17.3. The molecule has 0 heterocycles. The minimum atomic E-state index is -1.74. The van der Waals surface area contributed by atoms with E-state index >= 15 is 0 Å². The molecule has 0 fully saturated rings. The molecule has 0 radical (unpaired) electrons. The van der Waals surface area contributed by atoms with Crippen LogP contribution in [-0.4, -0.2) is 21.5 Å². The van der Waals surface area contributed by atoms with E-state index in [1.165, 1.54) is 5.56 Å². The second kappa shape index (κ2) is 10.1. The van der Waals surface area contributed by atoms with Gasteiger partial charge in [-0.05, 0) is 22.2 Å². The van der Waals surface area contributed by atoms with Crippen molar-refractivity contribution in [2.24, 2.45) is 0 Å². The first-order valence-corrected chi connectivity index (χ1v) is 11.0. The van der Waals surface area contributed by atoms with E-state index in [2.05, 4.69) is 65.8 Å². The fourth-order valence-electron chi connectivity index (χ4n) is 3.65. The van der Waals surface area contributed by atoms with Crippen LogP contribution in [0.15, 0.2) is 42.5 Å². The molecule has 0 unspecified atom stereocenters. The molecule has 0 N–H and O–H groups in total. The van der Waals surface area contributed by atoms with Gasteiger partial charge in [-0.1, -0.05) is 84.0 Å². The molecule has 23 heavy (non-hydrogen) atoms. The number of rotatable bonds is 10. The van der Waals surface area contributed by atoms with Gasteiger partial charge in [-0.2, -0.15) is 0 Å². The van der Waals surface area contributed by atoms with Crippen LogP contribution in [0.3, 0.4) is 0 Å². The summed E-state index contributed by atoms with van der Waals surface area (Å²) in [6.45, 7) is 15.9. The van der Waals surface area contributed by atoms with Gasteiger partial charge < -0.3 is 9.16 Å². The highest BCUT2D eigenvalue weighted by Crippen LogP contribution is 2.42. The zero-order valence-corrected chi connectivity index (χ0v) is 16.7. The lowest BCUT2D eigenvalue weighted by molar-refractivity contribution is 0.148. The van der Waals surface area contributed by atoms with Crippen molar-refractivity contribution in [3.63, 3.8) is 0 Å². The molecule has 0 aliphatic rings. The van der Waals surface area contributed by atoms with Crippen molar-refractivity contribution in [2.75, 3.05) is 13.2 Å². The Bertz CT molecular complexity index is 430. The molecule has 0 aromatic heterocycles. The van der Waals surface area contributed by atoms with E-state index < -0.39 is 8.32 Å². The number of hydrogen-bond acceptors (Lipinski definition) is 2. The Morgan fingerprint density at radius 1 is 0.826 bits per heavy atom. The summed E-state index contributed by atoms with van der Waals surface area (Å²) in [4.78, 5) is 0. The lowest BCUT2D eigenvalue weighted by atomic mass is 10.2. The highest BCUT2D eigenvalue weighted by atomic mass is 28.4. The Labute approximate surface area is 144 Å². The van der Waals surface area contributed by atoms with Crippen molar-refractivity contribution >= 4 is 8.32 Å². The molecule has 0 saturated carbocycles. The summed E-state index contributed by atoms with van der Waals surface area (Å²) in [6.07, 6.45) is 4.18. The molecule has 0 aliphatic heterocycles. The molecule has 3 heteroatoms. The Kier molecular flexibility index (Phi) is 8.81. The van der Waals surface area contributed by atoms with E-state index in [-0.39, 0.29) is 0 Å². The van der Waals surface area contributed by atoms with Crippen molar-refractivity contribution in [1.29, 1.82) is 0 Å². The molecule has 0 spiro atoms. The summed E-state index contributed by atoms with van der Waals surface area (Å²) in [5.74, 6) is 0. The van der Waals surface area contributed by atoms with Crippen LogP contribution in [0.1, 0.15) is 47.1 Å². The Hall–Kier alpha value is -0.903. The van der Waals surface area contributed by atoms with Crippen LogP contribution in [0, 0.1) is 0 Å². The third-order valence-corrected chi connectivity index (χ3v) is 10.7. The van der Waals surface area contributed by atoms with Crippen LogP contribution in [0.4, 0.5) is 0 Å². The smallest absolute Gasteiger partial charge is 0.200 e. The van der Waals surface area contributed by atoms with Crippen LogP contribution < -0.4 is 0 Å². The average molecular weight is 335 g/mol. The molecule has 1 aromatic rings. The molecule has 1 rings (SSSR count). The molecule has 1 aromatic carbocycles. The lowest BCUT2D eigenvalue weighted by Crippen LogP contribution is -2.47. The fourth-order valence-corrected chi connectivity index (χ4v) is 9.03. The average Bonchev–Trinajstić information content (AvgIpc) is 2.50. The van der Waals surface area contributed by atoms with Crippen LogP contribution >= 0.6 is 0 Å². The first-order valence-electron chi connectivity index (χ1n) is 8.81. The molecule has 2 nitrogen and oxygen atoms in total. The lowest BCUT2D eigenvalue weighted by Gasteiger charge is -2.41. The summed E-state index contributed by atoms with van der Waals surface area (Å²) < 4.78 is 12.1. The monoisotopic (exact) mass is 334 g/mol. The van der Waals surface area contributed by atoms with Gasteiger partial charge in [0, 0.05) is 0 Å². The van der Waals surface area contributed by atoms with Crippen LogP contribution in [0.5, 0.6) is 0 Å². The van der Waals surface area contributed by atoms with Gasteiger partial charge in [0.15, 0.2) is 0 Å². The molecule has 0 atom stereocenters. The van der Waals surface area contributed by atoms with Crippen LogP contribution in [-0.2, 0) is 15.8 Å². The van der Waals surface area contributed by atoms with E-state index in [4.69, 9.17) is 9.16 Å². The molecule has 0 saturated heterocycles. The molecule has 0 amide bonds. The molecule has 0 aliphatic carbocycles. The molecular formula is C20H34O2Si. The van der Waals surface area contributed by atoms with E-state index in [0.29, 0.717) is 36.4 Å². The summed E-state index contributed by atoms with van der Waals surface area (Å²) in [5.41, 5.74) is 3.10. The van der Waals surface area contributed by atoms with E-state index in [0.717, 1.165) is 0 Å². The quantitative estimate of drug-likeness (QED) is 0.299. The van der Waals surface area contributed by atoms with Crippen molar-refractivity contribution in [1.82, 2.24) is 0 Å². The summed E-state index contributed by atoms with van der Waals surface area (Å²) in [7, 11) is -1.74. The molecule has 0 bridgehead atoms. The maximum Gasteiger partial charge on any atom is 0.200 e. The largest absolute Gasteiger partial charge is 0.412 e. The van der Waals surface area contributed by atoms with Gasteiger partial charge in [-0.3, -0.25) is 0 Å². The van der Waals surface area contributed by atoms with Gasteiger partial charge in [-0.15, -0.1) is 0 Å². The van der Waals surface area contributed by atoms with Gasteiger partial charge >= 0.3 is 0 Å². The van der Waals surface area contributed by atoms with Crippen LogP contribution in [0.25, 0.3) is 0 Å². The SMILES string of the molecule is CC(C)[Si](OCC=CCOCc1ccccc1)(C(C)C)C(C)C. The first kappa shape index (κ1) is 20.1. The third-order valence-electron chi connectivity index (χ3n) is 4.63. The fraction of sp³-hybridized carbons (Fsp3) is 0.600. The second-order valence-corrected chi connectivity index (χ2v) is 12.6. The minimum absolute atomic E-state index is 0.630.